The number of benzene rings is 1. The second-order valence-electron chi connectivity index (χ2n) is 4.92. The number of amides is 2. The van der Waals surface area contributed by atoms with Crippen LogP contribution in [0.25, 0.3) is 0 Å². The summed E-state index contributed by atoms with van der Waals surface area (Å²) in [4.78, 5) is 23.7. The van der Waals surface area contributed by atoms with E-state index in [1.807, 2.05) is 32.0 Å². The number of rotatable bonds is 2. The molecule has 1 aromatic rings. The first kappa shape index (κ1) is 14.1. The molecule has 1 aliphatic rings. The van der Waals surface area contributed by atoms with Gasteiger partial charge in [0.2, 0.25) is 0 Å². The predicted molar refractivity (Wildman–Crippen MR) is 75.0 cm³/mol. The molecule has 1 aliphatic heterocycles. The van der Waals surface area contributed by atoms with Crippen LogP contribution >= 0.6 is 0 Å². The van der Waals surface area contributed by atoms with E-state index in [2.05, 4.69) is 10.6 Å². The standard InChI is InChI=1S/C15H18N2O3/c1-8-5-6-11(9(2)7-8)13-12(14(18)20-4)10(3)16-15(19)17-13/h5-7,13H,1-4H3,(H2,16,17,19)/t13-/m1/s1. The second kappa shape index (κ2) is 5.36. The molecular formula is C15H18N2O3. The number of urea groups is 1. The first-order valence-electron chi connectivity index (χ1n) is 6.37. The monoisotopic (exact) mass is 274 g/mol. The number of allylic oxidation sites excluding steroid dienone is 1. The summed E-state index contributed by atoms with van der Waals surface area (Å²) in [5, 5.41) is 5.38. The molecule has 0 aliphatic carbocycles. The Morgan fingerprint density at radius 2 is 1.95 bits per heavy atom. The van der Waals surface area contributed by atoms with Crippen LogP contribution in [0.15, 0.2) is 29.5 Å². The van der Waals surface area contributed by atoms with Crippen molar-refractivity contribution >= 4 is 12.0 Å². The van der Waals surface area contributed by atoms with E-state index in [1.165, 1.54) is 7.11 Å². The summed E-state index contributed by atoms with van der Waals surface area (Å²) < 4.78 is 4.82. The molecule has 106 valence electrons. The van der Waals surface area contributed by atoms with Gasteiger partial charge in [-0.1, -0.05) is 23.8 Å². The molecule has 0 saturated carbocycles. The minimum absolute atomic E-state index is 0.319. The van der Waals surface area contributed by atoms with Crippen molar-refractivity contribution in [2.45, 2.75) is 26.8 Å². The third-order valence-corrected chi connectivity index (χ3v) is 3.41. The average molecular weight is 274 g/mol. The molecule has 0 unspecified atom stereocenters. The van der Waals surface area contributed by atoms with Gasteiger partial charge in [0.15, 0.2) is 0 Å². The summed E-state index contributed by atoms with van der Waals surface area (Å²) in [5.74, 6) is -0.444. The lowest BCUT2D eigenvalue weighted by molar-refractivity contribution is -0.136. The number of carbonyl (C=O) groups is 2. The molecule has 0 fully saturated rings. The van der Waals surface area contributed by atoms with Crippen molar-refractivity contribution in [1.29, 1.82) is 0 Å². The van der Waals surface area contributed by atoms with E-state index in [1.54, 1.807) is 6.92 Å². The van der Waals surface area contributed by atoms with Gasteiger partial charge in [-0.05, 0) is 31.9 Å². The van der Waals surface area contributed by atoms with E-state index in [0.717, 1.165) is 16.7 Å². The zero-order valence-electron chi connectivity index (χ0n) is 12.0. The zero-order valence-corrected chi connectivity index (χ0v) is 12.0. The number of ether oxygens (including phenoxy) is 1. The van der Waals surface area contributed by atoms with Crippen LogP contribution in [0.4, 0.5) is 4.79 Å². The molecule has 0 aromatic heterocycles. The second-order valence-corrected chi connectivity index (χ2v) is 4.92. The van der Waals surface area contributed by atoms with Crippen molar-refractivity contribution in [3.8, 4) is 0 Å². The lowest BCUT2D eigenvalue weighted by Crippen LogP contribution is -2.45. The van der Waals surface area contributed by atoms with E-state index in [4.69, 9.17) is 4.74 Å². The first-order chi connectivity index (χ1) is 9.43. The summed E-state index contributed by atoms with van der Waals surface area (Å²) in [5.41, 5.74) is 3.99. The largest absolute Gasteiger partial charge is 0.466 e. The van der Waals surface area contributed by atoms with E-state index in [9.17, 15) is 9.59 Å². The molecule has 1 atom stereocenters. The fourth-order valence-corrected chi connectivity index (χ4v) is 2.46. The van der Waals surface area contributed by atoms with Crippen LogP contribution in [0, 0.1) is 13.8 Å². The van der Waals surface area contributed by atoms with Crippen molar-refractivity contribution in [2.75, 3.05) is 7.11 Å². The highest BCUT2D eigenvalue weighted by atomic mass is 16.5. The fraction of sp³-hybridized carbons (Fsp3) is 0.333. The minimum atomic E-state index is -0.489. The predicted octanol–water partition coefficient (Wildman–Crippen LogP) is 2.10. The molecule has 0 spiro atoms. The van der Waals surface area contributed by atoms with Gasteiger partial charge in [0.05, 0.1) is 18.7 Å². The molecule has 0 radical (unpaired) electrons. The number of hydrogen-bond donors (Lipinski definition) is 2. The van der Waals surface area contributed by atoms with Gasteiger partial charge in [0.25, 0.3) is 0 Å². The third kappa shape index (κ3) is 2.52. The minimum Gasteiger partial charge on any atom is -0.466 e. The number of esters is 1. The SMILES string of the molecule is COC(=O)C1=C(C)NC(=O)N[C@@H]1c1ccc(C)cc1C. The van der Waals surface area contributed by atoms with Gasteiger partial charge in [-0.15, -0.1) is 0 Å². The molecule has 2 N–H and O–H groups in total. The van der Waals surface area contributed by atoms with Crippen LogP contribution in [-0.4, -0.2) is 19.1 Å². The number of aryl methyl sites for hydroxylation is 2. The van der Waals surface area contributed by atoms with Crippen LogP contribution in [-0.2, 0) is 9.53 Å². The van der Waals surface area contributed by atoms with Gasteiger partial charge in [-0.25, -0.2) is 9.59 Å². The normalized spacial score (nSPS) is 18.4. The maximum Gasteiger partial charge on any atom is 0.337 e. The highest BCUT2D eigenvalue weighted by molar-refractivity contribution is 5.95. The lowest BCUT2D eigenvalue weighted by Gasteiger charge is -2.28. The number of nitrogens with one attached hydrogen (secondary N) is 2. The molecule has 20 heavy (non-hydrogen) atoms. The fourth-order valence-electron chi connectivity index (χ4n) is 2.46. The van der Waals surface area contributed by atoms with E-state index < -0.39 is 12.0 Å². The molecule has 2 rings (SSSR count). The summed E-state index contributed by atoms with van der Waals surface area (Å²) >= 11 is 0. The van der Waals surface area contributed by atoms with Crippen LogP contribution < -0.4 is 10.6 Å². The Hall–Kier alpha value is -2.30. The zero-order chi connectivity index (χ0) is 14.9. The van der Waals surface area contributed by atoms with Crippen molar-refractivity contribution in [2.24, 2.45) is 0 Å². The first-order valence-corrected chi connectivity index (χ1v) is 6.37. The highest BCUT2D eigenvalue weighted by Gasteiger charge is 2.32. The Balaban J connectivity index is 2.54. The van der Waals surface area contributed by atoms with E-state index in [0.29, 0.717) is 11.3 Å². The smallest absolute Gasteiger partial charge is 0.337 e. The van der Waals surface area contributed by atoms with Gasteiger partial charge in [-0.3, -0.25) is 0 Å². The van der Waals surface area contributed by atoms with Crippen LogP contribution in [0.3, 0.4) is 0 Å². The Labute approximate surface area is 118 Å². The summed E-state index contributed by atoms with van der Waals surface area (Å²) in [6.07, 6.45) is 0. The van der Waals surface area contributed by atoms with Gasteiger partial charge >= 0.3 is 12.0 Å². The molecule has 2 amide bonds. The van der Waals surface area contributed by atoms with Gasteiger partial charge in [-0.2, -0.15) is 0 Å². The average Bonchev–Trinajstić information content (AvgIpc) is 2.37. The molecule has 0 bridgehead atoms. The van der Waals surface area contributed by atoms with Crippen LogP contribution in [0.2, 0.25) is 0 Å². The molecule has 1 heterocycles. The van der Waals surface area contributed by atoms with Crippen LogP contribution in [0.1, 0.15) is 29.7 Å². The van der Waals surface area contributed by atoms with Gasteiger partial charge in [0, 0.05) is 5.70 Å². The van der Waals surface area contributed by atoms with Crippen LogP contribution in [0.5, 0.6) is 0 Å². The van der Waals surface area contributed by atoms with Crippen molar-refractivity contribution in [3.05, 3.63) is 46.2 Å². The Kier molecular flexibility index (Phi) is 3.79. The van der Waals surface area contributed by atoms with Crippen molar-refractivity contribution < 1.29 is 14.3 Å². The molecule has 0 saturated heterocycles. The molecule has 5 nitrogen and oxygen atoms in total. The topological polar surface area (TPSA) is 67.4 Å². The molecule has 5 heteroatoms. The summed E-state index contributed by atoms with van der Waals surface area (Å²) in [6, 6.07) is 5.10. The Morgan fingerprint density at radius 3 is 2.55 bits per heavy atom. The maximum absolute atomic E-state index is 12.0. The highest BCUT2D eigenvalue weighted by Crippen LogP contribution is 2.29. The van der Waals surface area contributed by atoms with Gasteiger partial charge < -0.3 is 15.4 Å². The quantitative estimate of drug-likeness (QED) is 0.812. The number of hydrogen-bond acceptors (Lipinski definition) is 3. The van der Waals surface area contributed by atoms with Gasteiger partial charge in [0.1, 0.15) is 0 Å². The van der Waals surface area contributed by atoms with Crippen molar-refractivity contribution in [3.63, 3.8) is 0 Å². The summed E-state index contributed by atoms with van der Waals surface area (Å²) in [6.45, 7) is 5.66. The van der Waals surface area contributed by atoms with E-state index in [-0.39, 0.29) is 6.03 Å². The number of methoxy groups -OCH3 is 1. The lowest BCUT2D eigenvalue weighted by atomic mass is 9.91. The third-order valence-electron chi connectivity index (χ3n) is 3.41. The molecular weight excluding hydrogens is 256 g/mol. The Bertz CT molecular complexity index is 605. The van der Waals surface area contributed by atoms with Crippen molar-refractivity contribution in [1.82, 2.24) is 10.6 Å². The van der Waals surface area contributed by atoms with E-state index >= 15 is 0 Å². The number of carbonyl (C=O) groups excluding carboxylic acids is 2. The Morgan fingerprint density at radius 1 is 1.25 bits per heavy atom. The summed E-state index contributed by atoms with van der Waals surface area (Å²) in [7, 11) is 1.33. The maximum atomic E-state index is 12.0. The molecule has 1 aromatic carbocycles.